The number of halogens is 2. The first kappa shape index (κ1) is 13.6. The first-order chi connectivity index (χ1) is 8.12. The van der Waals surface area contributed by atoms with Crippen LogP contribution in [0.4, 0.5) is 5.69 Å². The van der Waals surface area contributed by atoms with Gasteiger partial charge in [-0.05, 0) is 28.7 Å². The maximum atomic E-state index is 8.59. The molecule has 17 heavy (non-hydrogen) atoms. The zero-order valence-corrected chi connectivity index (χ0v) is 11.7. The van der Waals surface area contributed by atoms with Crippen LogP contribution in [0.3, 0.4) is 0 Å². The molecule has 1 rings (SSSR count). The molecule has 6 heteroatoms. The van der Waals surface area contributed by atoms with E-state index < -0.39 is 0 Å². The lowest BCUT2D eigenvalue weighted by atomic mass is 10.3. The van der Waals surface area contributed by atoms with Crippen molar-refractivity contribution in [2.75, 3.05) is 12.4 Å². The molecule has 0 fully saturated rings. The van der Waals surface area contributed by atoms with Gasteiger partial charge in [0.05, 0.1) is 17.8 Å². The predicted octanol–water partition coefficient (Wildman–Crippen LogP) is 3.30. The van der Waals surface area contributed by atoms with Gasteiger partial charge in [0.1, 0.15) is 23.5 Å². The Hall–Kier alpha value is -1.44. The molecule has 4 nitrogen and oxygen atoms in total. The Kier molecular flexibility index (Phi) is 5.08. The molecule has 1 aromatic carbocycles. The number of rotatable bonds is 3. The Balaban J connectivity index is 3.05. The molecule has 0 heterocycles. The highest BCUT2D eigenvalue weighted by Crippen LogP contribution is 2.31. The van der Waals surface area contributed by atoms with Gasteiger partial charge < -0.3 is 10.1 Å². The summed E-state index contributed by atoms with van der Waals surface area (Å²) in [6, 6.07) is 6.95. The molecule has 0 unspecified atom stereocenters. The molecule has 0 saturated carbocycles. The number of ether oxygens (including phenoxy) is 1. The van der Waals surface area contributed by atoms with E-state index in [1.165, 1.54) is 13.3 Å². The molecule has 1 aromatic rings. The van der Waals surface area contributed by atoms with Crippen LogP contribution in [0.1, 0.15) is 0 Å². The summed E-state index contributed by atoms with van der Waals surface area (Å²) >= 11 is 8.03. The quantitative estimate of drug-likeness (QED) is 0.664. The number of nitrogens with one attached hydrogen (secondary N) is 1. The van der Waals surface area contributed by atoms with Crippen LogP contribution in [0.5, 0.6) is 5.75 Å². The van der Waals surface area contributed by atoms with Gasteiger partial charge in [-0.1, -0.05) is 11.6 Å². The molecule has 86 valence electrons. The van der Waals surface area contributed by atoms with E-state index in [4.69, 9.17) is 26.9 Å². The van der Waals surface area contributed by atoms with Crippen LogP contribution in [0.15, 0.2) is 23.9 Å². The largest absolute Gasteiger partial charge is 0.495 e. The highest BCUT2D eigenvalue weighted by molar-refractivity contribution is 14.1. The second kappa shape index (κ2) is 6.33. The van der Waals surface area contributed by atoms with Crippen LogP contribution >= 0.6 is 34.2 Å². The molecule has 0 amide bonds. The molecule has 0 atom stereocenters. The van der Waals surface area contributed by atoms with E-state index in [2.05, 4.69) is 27.9 Å². The van der Waals surface area contributed by atoms with Gasteiger partial charge in [-0.2, -0.15) is 10.5 Å². The molecule has 0 aromatic heterocycles. The third kappa shape index (κ3) is 3.52. The van der Waals surface area contributed by atoms with Crippen LogP contribution in [-0.4, -0.2) is 7.11 Å². The first-order valence-electron chi connectivity index (χ1n) is 4.42. The standard InChI is InChI=1S/C11H7ClIN3O/c1-17-11-3-10(9(13)2-8(11)12)16-6-7(4-14)5-15/h2-3,6,16H,1H3. The monoisotopic (exact) mass is 359 g/mol. The van der Waals surface area contributed by atoms with Crippen LogP contribution < -0.4 is 10.1 Å². The summed E-state index contributed by atoms with van der Waals surface area (Å²) in [5.41, 5.74) is 0.713. The lowest BCUT2D eigenvalue weighted by Gasteiger charge is -2.08. The van der Waals surface area contributed by atoms with Crippen molar-refractivity contribution in [1.82, 2.24) is 0 Å². The molecular formula is C11H7ClIN3O. The first-order valence-corrected chi connectivity index (χ1v) is 5.88. The number of benzene rings is 1. The van der Waals surface area contributed by atoms with Crippen molar-refractivity contribution in [1.29, 1.82) is 10.5 Å². The number of methoxy groups -OCH3 is 1. The minimum atomic E-state index is -0.00489. The average molecular weight is 360 g/mol. The molecule has 0 aliphatic rings. The molecule has 0 bridgehead atoms. The van der Waals surface area contributed by atoms with Gasteiger partial charge in [-0.15, -0.1) is 0 Å². The van der Waals surface area contributed by atoms with E-state index in [0.717, 1.165) is 9.26 Å². The topological polar surface area (TPSA) is 68.8 Å². The Morgan fingerprint density at radius 1 is 1.47 bits per heavy atom. The fraction of sp³-hybridized carbons (Fsp3) is 0.0909. The Labute approximate surface area is 118 Å². The third-order valence-electron chi connectivity index (χ3n) is 1.85. The minimum absolute atomic E-state index is 0.00489. The van der Waals surface area contributed by atoms with E-state index in [0.29, 0.717) is 10.8 Å². The molecular weight excluding hydrogens is 352 g/mol. The maximum absolute atomic E-state index is 8.59. The highest BCUT2D eigenvalue weighted by atomic mass is 127. The highest BCUT2D eigenvalue weighted by Gasteiger charge is 2.06. The van der Waals surface area contributed by atoms with Gasteiger partial charge in [0.15, 0.2) is 0 Å². The summed E-state index contributed by atoms with van der Waals surface area (Å²) in [7, 11) is 1.52. The summed E-state index contributed by atoms with van der Waals surface area (Å²) < 4.78 is 5.94. The second-order valence-corrected chi connectivity index (χ2v) is 4.46. The Morgan fingerprint density at radius 2 is 2.12 bits per heavy atom. The molecule has 0 spiro atoms. The summed E-state index contributed by atoms with van der Waals surface area (Å²) in [5, 5.41) is 20.5. The van der Waals surface area contributed by atoms with E-state index in [1.807, 2.05) is 0 Å². The lowest BCUT2D eigenvalue weighted by Crippen LogP contribution is -1.95. The van der Waals surface area contributed by atoms with Gasteiger partial charge in [0.2, 0.25) is 0 Å². The van der Waals surface area contributed by atoms with Crippen molar-refractivity contribution in [2.24, 2.45) is 0 Å². The number of anilines is 1. The maximum Gasteiger partial charge on any atom is 0.145 e. The second-order valence-electron chi connectivity index (χ2n) is 2.89. The molecule has 1 N–H and O–H groups in total. The van der Waals surface area contributed by atoms with Crippen molar-refractivity contribution < 1.29 is 4.74 Å². The van der Waals surface area contributed by atoms with Gasteiger partial charge in [0.25, 0.3) is 0 Å². The van der Waals surface area contributed by atoms with E-state index >= 15 is 0 Å². The Morgan fingerprint density at radius 3 is 2.65 bits per heavy atom. The number of nitrogens with zero attached hydrogens (tertiary/aromatic N) is 2. The molecule has 0 aliphatic heterocycles. The van der Waals surface area contributed by atoms with Crippen molar-refractivity contribution in [3.63, 3.8) is 0 Å². The van der Waals surface area contributed by atoms with Gasteiger partial charge >= 0.3 is 0 Å². The average Bonchev–Trinajstić information content (AvgIpc) is 2.32. The normalized spacial score (nSPS) is 8.76. The zero-order chi connectivity index (χ0) is 12.8. The third-order valence-corrected chi connectivity index (χ3v) is 3.04. The van der Waals surface area contributed by atoms with Crippen LogP contribution in [0.25, 0.3) is 0 Å². The lowest BCUT2D eigenvalue weighted by molar-refractivity contribution is 0.415. The Bertz CT molecular complexity index is 527. The minimum Gasteiger partial charge on any atom is -0.495 e. The molecule has 0 aliphatic carbocycles. The summed E-state index contributed by atoms with van der Waals surface area (Å²) in [6.45, 7) is 0. The SMILES string of the molecule is COc1cc(NC=C(C#N)C#N)c(I)cc1Cl. The molecule has 0 saturated heterocycles. The summed E-state index contributed by atoms with van der Waals surface area (Å²) in [6.07, 6.45) is 1.34. The van der Waals surface area contributed by atoms with Gasteiger partial charge in [-0.25, -0.2) is 0 Å². The fourth-order valence-electron chi connectivity index (χ4n) is 1.04. The number of hydrogen-bond acceptors (Lipinski definition) is 4. The van der Waals surface area contributed by atoms with E-state index in [9.17, 15) is 0 Å². The van der Waals surface area contributed by atoms with Gasteiger partial charge in [-0.3, -0.25) is 0 Å². The van der Waals surface area contributed by atoms with Crippen molar-refractivity contribution in [3.05, 3.63) is 32.5 Å². The number of hydrogen-bond donors (Lipinski definition) is 1. The van der Waals surface area contributed by atoms with Crippen molar-refractivity contribution in [2.45, 2.75) is 0 Å². The summed E-state index contributed by atoms with van der Waals surface area (Å²) in [4.78, 5) is 0. The van der Waals surface area contributed by atoms with Gasteiger partial charge in [0, 0.05) is 15.8 Å². The molecule has 0 radical (unpaired) electrons. The predicted molar refractivity (Wildman–Crippen MR) is 73.7 cm³/mol. The van der Waals surface area contributed by atoms with Crippen LogP contribution in [0, 0.1) is 26.2 Å². The van der Waals surface area contributed by atoms with Crippen LogP contribution in [-0.2, 0) is 0 Å². The fourth-order valence-corrected chi connectivity index (χ4v) is 2.08. The van der Waals surface area contributed by atoms with E-state index in [1.54, 1.807) is 24.3 Å². The smallest absolute Gasteiger partial charge is 0.145 e. The van der Waals surface area contributed by atoms with Crippen LogP contribution in [0.2, 0.25) is 5.02 Å². The van der Waals surface area contributed by atoms with E-state index in [-0.39, 0.29) is 5.57 Å². The van der Waals surface area contributed by atoms with Crippen molar-refractivity contribution >= 4 is 39.9 Å². The zero-order valence-electron chi connectivity index (χ0n) is 8.79. The number of nitriles is 2. The van der Waals surface area contributed by atoms with Crippen molar-refractivity contribution in [3.8, 4) is 17.9 Å². The summed E-state index contributed by atoms with van der Waals surface area (Å²) in [5.74, 6) is 0.526. The number of allylic oxidation sites excluding steroid dienone is 1.